The highest BCUT2D eigenvalue weighted by molar-refractivity contribution is 5.88. The average Bonchev–Trinajstić information content (AvgIpc) is 3.00. The van der Waals surface area contributed by atoms with Crippen LogP contribution < -0.4 is 10.3 Å². The lowest BCUT2D eigenvalue weighted by Crippen LogP contribution is -2.15. The van der Waals surface area contributed by atoms with Gasteiger partial charge in [-0.1, -0.05) is 39.5 Å². The largest absolute Gasteiger partial charge is 0.423 e. The number of aromatic amines is 1. The van der Waals surface area contributed by atoms with Crippen LogP contribution in [-0.2, 0) is 10.2 Å². The zero-order valence-corrected chi connectivity index (χ0v) is 18.4. The Bertz CT molecular complexity index is 1190. The summed E-state index contributed by atoms with van der Waals surface area (Å²) < 4.78 is 6.60. The molecular weight excluding hydrogens is 392 g/mol. The van der Waals surface area contributed by atoms with Crippen LogP contribution in [0.4, 0.5) is 11.4 Å². The van der Waals surface area contributed by atoms with Crippen LogP contribution in [0.25, 0.3) is 5.69 Å². The van der Waals surface area contributed by atoms with Gasteiger partial charge in [0.25, 0.3) is 5.56 Å². The minimum atomic E-state index is -0.492. The number of H-pyrrole nitrogens is 1. The highest BCUT2D eigenvalue weighted by Gasteiger charge is 2.15. The summed E-state index contributed by atoms with van der Waals surface area (Å²) in [6, 6.07) is 14.4. The highest BCUT2D eigenvalue weighted by Crippen LogP contribution is 2.24. The van der Waals surface area contributed by atoms with Crippen LogP contribution >= 0.6 is 0 Å². The molecule has 1 heterocycles. The number of esters is 1. The first kappa shape index (κ1) is 22.0. The van der Waals surface area contributed by atoms with Gasteiger partial charge in [-0.3, -0.25) is 9.89 Å². The second kappa shape index (κ2) is 8.55. The number of azo groups is 1. The van der Waals surface area contributed by atoms with E-state index in [1.165, 1.54) is 10.2 Å². The van der Waals surface area contributed by atoms with E-state index in [1.54, 1.807) is 38.1 Å². The molecule has 1 N–H and O–H groups in total. The van der Waals surface area contributed by atoms with E-state index >= 15 is 0 Å². The topological polar surface area (TPSA) is 88.8 Å². The van der Waals surface area contributed by atoms with Crippen molar-refractivity contribution >= 4 is 17.3 Å². The van der Waals surface area contributed by atoms with Gasteiger partial charge in [0.1, 0.15) is 5.75 Å². The quantitative estimate of drug-likeness (QED) is 0.251. The Hall–Kier alpha value is -3.74. The number of nitrogens with zero attached hydrogens (tertiary/aromatic N) is 3. The van der Waals surface area contributed by atoms with Gasteiger partial charge in [0.2, 0.25) is 0 Å². The average molecular weight is 418 g/mol. The summed E-state index contributed by atoms with van der Waals surface area (Å²) in [5.74, 6) is -0.112. The van der Waals surface area contributed by atoms with Crippen molar-refractivity contribution in [2.75, 3.05) is 0 Å². The molecule has 0 aliphatic heterocycles. The Morgan fingerprint density at radius 2 is 1.65 bits per heavy atom. The summed E-state index contributed by atoms with van der Waals surface area (Å²) in [6.45, 7) is 13.3. The summed E-state index contributed by atoms with van der Waals surface area (Å²) in [5.41, 5.74) is 3.35. The summed E-state index contributed by atoms with van der Waals surface area (Å²) in [6.07, 6.45) is 0. The van der Waals surface area contributed by atoms with Crippen LogP contribution in [0.2, 0.25) is 0 Å². The standard InChI is InChI=1S/C24H26N4O3/c1-15(2)23(30)31-20-13-9-18(10-14-20)25-26-21-16(3)27-28(22(21)29)19-11-7-17(8-12-19)24(4,5)6/h7-14,27H,1H2,2-6H3/b26-25+. The number of aromatic nitrogens is 2. The van der Waals surface area contributed by atoms with Gasteiger partial charge in [-0.25, -0.2) is 9.48 Å². The lowest BCUT2D eigenvalue weighted by atomic mass is 9.87. The zero-order valence-electron chi connectivity index (χ0n) is 18.4. The van der Waals surface area contributed by atoms with Crippen molar-refractivity contribution in [1.82, 2.24) is 9.78 Å². The van der Waals surface area contributed by atoms with Gasteiger partial charge >= 0.3 is 5.97 Å². The maximum Gasteiger partial charge on any atom is 0.338 e. The Kier molecular flexibility index (Phi) is 6.06. The number of carbonyl (C=O) groups excluding carboxylic acids is 1. The van der Waals surface area contributed by atoms with Crippen molar-refractivity contribution in [1.29, 1.82) is 0 Å². The Morgan fingerprint density at radius 1 is 1.03 bits per heavy atom. The molecule has 0 aliphatic rings. The fraction of sp³-hybridized carbons (Fsp3) is 0.250. The summed E-state index contributed by atoms with van der Waals surface area (Å²) in [7, 11) is 0. The van der Waals surface area contributed by atoms with Gasteiger partial charge < -0.3 is 4.74 Å². The normalized spacial score (nSPS) is 11.6. The third-order valence-electron chi connectivity index (χ3n) is 4.69. The molecule has 0 unspecified atom stereocenters. The van der Waals surface area contributed by atoms with Gasteiger partial charge in [-0.2, -0.15) is 5.11 Å². The molecule has 0 amide bonds. The number of ether oxygens (including phenoxy) is 1. The van der Waals surface area contributed by atoms with E-state index in [4.69, 9.17) is 4.74 Å². The predicted octanol–water partition coefficient (Wildman–Crippen LogP) is 5.67. The number of rotatable bonds is 5. The van der Waals surface area contributed by atoms with Crippen molar-refractivity contribution < 1.29 is 9.53 Å². The van der Waals surface area contributed by atoms with Crippen molar-refractivity contribution in [3.8, 4) is 11.4 Å². The molecule has 0 aliphatic carbocycles. The van der Waals surface area contributed by atoms with E-state index in [-0.39, 0.29) is 16.7 Å². The van der Waals surface area contributed by atoms with Gasteiger partial charge in [0.15, 0.2) is 5.69 Å². The van der Waals surface area contributed by atoms with Crippen LogP contribution in [0.5, 0.6) is 5.75 Å². The van der Waals surface area contributed by atoms with E-state index in [1.807, 2.05) is 24.3 Å². The van der Waals surface area contributed by atoms with Crippen molar-refractivity contribution in [3.05, 3.63) is 82.3 Å². The summed E-state index contributed by atoms with van der Waals surface area (Å²) in [5, 5.41) is 11.3. The molecule has 0 saturated heterocycles. The third kappa shape index (κ3) is 5.06. The first-order chi connectivity index (χ1) is 14.6. The number of carbonyl (C=O) groups is 1. The molecule has 0 atom stereocenters. The van der Waals surface area contributed by atoms with E-state index in [0.29, 0.717) is 22.7 Å². The van der Waals surface area contributed by atoms with Crippen LogP contribution in [0.15, 0.2) is 75.7 Å². The van der Waals surface area contributed by atoms with Gasteiger partial charge in [0.05, 0.1) is 17.1 Å². The molecule has 0 bridgehead atoms. The molecule has 7 heteroatoms. The molecule has 0 fully saturated rings. The maximum atomic E-state index is 12.8. The van der Waals surface area contributed by atoms with Crippen molar-refractivity contribution in [3.63, 3.8) is 0 Å². The minimum Gasteiger partial charge on any atom is -0.423 e. The van der Waals surface area contributed by atoms with Crippen LogP contribution in [0.3, 0.4) is 0 Å². The highest BCUT2D eigenvalue weighted by atomic mass is 16.5. The summed E-state index contributed by atoms with van der Waals surface area (Å²) >= 11 is 0. The number of aryl methyl sites for hydroxylation is 1. The van der Waals surface area contributed by atoms with Crippen LogP contribution in [0, 0.1) is 6.92 Å². The second-order valence-electron chi connectivity index (χ2n) is 8.39. The molecular formula is C24H26N4O3. The van der Waals surface area contributed by atoms with E-state index in [9.17, 15) is 9.59 Å². The fourth-order valence-corrected chi connectivity index (χ4v) is 2.83. The van der Waals surface area contributed by atoms with Crippen molar-refractivity contribution in [2.45, 2.75) is 40.0 Å². The Morgan fingerprint density at radius 3 is 2.19 bits per heavy atom. The number of hydrogen-bond acceptors (Lipinski definition) is 5. The van der Waals surface area contributed by atoms with E-state index < -0.39 is 5.97 Å². The molecule has 31 heavy (non-hydrogen) atoms. The van der Waals surface area contributed by atoms with Gasteiger partial charge in [-0.15, -0.1) is 5.11 Å². The first-order valence-electron chi connectivity index (χ1n) is 9.88. The fourth-order valence-electron chi connectivity index (χ4n) is 2.83. The van der Waals surface area contributed by atoms with Gasteiger partial charge in [0, 0.05) is 5.57 Å². The molecule has 0 radical (unpaired) electrons. The molecule has 3 rings (SSSR count). The molecule has 0 saturated carbocycles. The first-order valence-corrected chi connectivity index (χ1v) is 9.88. The lowest BCUT2D eigenvalue weighted by molar-refractivity contribution is -0.130. The smallest absolute Gasteiger partial charge is 0.338 e. The Labute approximate surface area is 181 Å². The zero-order chi connectivity index (χ0) is 22.8. The number of hydrogen-bond donors (Lipinski definition) is 1. The monoisotopic (exact) mass is 418 g/mol. The minimum absolute atomic E-state index is 0.0346. The predicted molar refractivity (Wildman–Crippen MR) is 121 cm³/mol. The molecule has 7 nitrogen and oxygen atoms in total. The number of nitrogens with one attached hydrogen (secondary N) is 1. The van der Waals surface area contributed by atoms with E-state index in [0.717, 1.165) is 5.69 Å². The molecule has 160 valence electrons. The second-order valence-corrected chi connectivity index (χ2v) is 8.39. The third-order valence-corrected chi connectivity index (χ3v) is 4.69. The molecule has 3 aromatic rings. The van der Waals surface area contributed by atoms with E-state index in [2.05, 4.69) is 42.7 Å². The molecule has 2 aromatic carbocycles. The molecule has 0 spiro atoms. The van der Waals surface area contributed by atoms with Crippen molar-refractivity contribution in [2.24, 2.45) is 10.2 Å². The van der Waals surface area contributed by atoms with Crippen LogP contribution in [-0.4, -0.2) is 15.7 Å². The molecule has 1 aromatic heterocycles. The lowest BCUT2D eigenvalue weighted by Gasteiger charge is -2.19. The van der Waals surface area contributed by atoms with Gasteiger partial charge in [-0.05, 0) is 61.2 Å². The number of benzene rings is 2. The summed E-state index contributed by atoms with van der Waals surface area (Å²) in [4.78, 5) is 24.4. The SMILES string of the molecule is C=C(C)C(=O)Oc1ccc(/N=N/c2c(C)[nH]n(-c3ccc(C(C)(C)C)cc3)c2=O)cc1. The van der Waals surface area contributed by atoms with Crippen LogP contribution in [0.1, 0.15) is 39.0 Å². The maximum absolute atomic E-state index is 12.8. The Balaban J connectivity index is 1.81.